The SMILES string of the molecule is O=C(NN=Cc1cccs1)c1ccccc1[N+](=O)[O-]. The van der Waals surface area contributed by atoms with Crippen LogP contribution in [0.5, 0.6) is 0 Å². The van der Waals surface area contributed by atoms with Crippen LogP contribution < -0.4 is 5.43 Å². The minimum atomic E-state index is -0.611. The van der Waals surface area contributed by atoms with Crippen LogP contribution in [0.25, 0.3) is 0 Å². The van der Waals surface area contributed by atoms with Gasteiger partial charge in [-0.25, -0.2) is 5.43 Å². The Morgan fingerprint density at radius 3 is 2.79 bits per heavy atom. The van der Waals surface area contributed by atoms with Crippen molar-refractivity contribution in [2.24, 2.45) is 5.10 Å². The molecule has 0 aliphatic heterocycles. The van der Waals surface area contributed by atoms with Crippen molar-refractivity contribution in [1.82, 2.24) is 5.43 Å². The van der Waals surface area contributed by atoms with E-state index in [0.717, 1.165) is 4.88 Å². The standard InChI is InChI=1S/C12H9N3O3S/c16-12(14-13-8-9-4-3-7-19-9)10-5-1-2-6-11(10)15(17)18/h1-8H,(H,14,16). The smallest absolute Gasteiger partial charge is 0.267 e. The Hall–Kier alpha value is -2.54. The van der Waals surface area contributed by atoms with Gasteiger partial charge in [-0.2, -0.15) is 5.10 Å². The maximum Gasteiger partial charge on any atom is 0.282 e. The summed E-state index contributed by atoms with van der Waals surface area (Å²) < 4.78 is 0. The Morgan fingerprint density at radius 1 is 1.32 bits per heavy atom. The quantitative estimate of drug-likeness (QED) is 0.528. The molecule has 96 valence electrons. The van der Waals surface area contributed by atoms with Gasteiger partial charge < -0.3 is 0 Å². The number of nitro benzene ring substituents is 1. The van der Waals surface area contributed by atoms with Crippen molar-refractivity contribution >= 4 is 29.1 Å². The highest BCUT2D eigenvalue weighted by atomic mass is 32.1. The Bertz CT molecular complexity index is 623. The molecule has 0 saturated heterocycles. The van der Waals surface area contributed by atoms with Gasteiger partial charge >= 0.3 is 0 Å². The van der Waals surface area contributed by atoms with E-state index >= 15 is 0 Å². The molecule has 1 N–H and O–H groups in total. The number of carbonyl (C=O) groups is 1. The van der Waals surface area contributed by atoms with Crippen LogP contribution in [0.15, 0.2) is 46.9 Å². The predicted octanol–water partition coefficient (Wildman–Crippen LogP) is 2.42. The number of nitro groups is 1. The molecule has 0 aliphatic carbocycles. The molecule has 2 rings (SSSR count). The molecule has 1 aromatic carbocycles. The molecule has 19 heavy (non-hydrogen) atoms. The number of thiophene rings is 1. The molecule has 0 atom stereocenters. The van der Waals surface area contributed by atoms with Crippen molar-refractivity contribution in [2.75, 3.05) is 0 Å². The molecule has 0 fully saturated rings. The maximum absolute atomic E-state index is 11.8. The maximum atomic E-state index is 11.8. The fourth-order valence-electron chi connectivity index (χ4n) is 1.40. The predicted molar refractivity (Wildman–Crippen MR) is 72.5 cm³/mol. The number of hydrazone groups is 1. The van der Waals surface area contributed by atoms with E-state index in [1.165, 1.54) is 35.8 Å². The van der Waals surface area contributed by atoms with Gasteiger partial charge in [0.25, 0.3) is 11.6 Å². The highest BCUT2D eigenvalue weighted by Crippen LogP contribution is 2.17. The highest BCUT2D eigenvalue weighted by Gasteiger charge is 2.18. The van der Waals surface area contributed by atoms with Crippen molar-refractivity contribution in [2.45, 2.75) is 0 Å². The summed E-state index contributed by atoms with van der Waals surface area (Å²) in [6.45, 7) is 0. The summed E-state index contributed by atoms with van der Waals surface area (Å²) in [4.78, 5) is 22.8. The van der Waals surface area contributed by atoms with Gasteiger partial charge in [0, 0.05) is 10.9 Å². The summed E-state index contributed by atoms with van der Waals surface area (Å²) >= 11 is 1.47. The van der Waals surface area contributed by atoms with Gasteiger partial charge in [0.05, 0.1) is 11.1 Å². The van der Waals surface area contributed by atoms with Crippen molar-refractivity contribution in [3.8, 4) is 0 Å². The third kappa shape index (κ3) is 3.23. The Balaban J connectivity index is 2.10. The number of hydrogen-bond donors (Lipinski definition) is 1. The van der Waals surface area contributed by atoms with E-state index < -0.39 is 10.8 Å². The van der Waals surface area contributed by atoms with Gasteiger partial charge in [-0.3, -0.25) is 14.9 Å². The second kappa shape index (κ2) is 5.87. The van der Waals surface area contributed by atoms with Crippen LogP contribution >= 0.6 is 11.3 Å². The number of nitrogens with zero attached hydrogens (tertiary/aromatic N) is 2. The summed E-state index contributed by atoms with van der Waals surface area (Å²) in [6.07, 6.45) is 1.48. The van der Waals surface area contributed by atoms with Crippen LogP contribution in [0.4, 0.5) is 5.69 Å². The van der Waals surface area contributed by atoms with E-state index in [1.54, 1.807) is 6.07 Å². The summed E-state index contributed by atoms with van der Waals surface area (Å²) in [5.74, 6) is -0.611. The van der Waals surface area contributed by atoms with Crippen LogP contribution in [0.2, 0.25) is 0 Å². The van der Waals surface area contributed by atoms with E-state index in [-0.39, 0.29) is 11.3 Å². The fraction of sp³-hybridized carbons (Fsp3) is 0. The van der Waals surface area contributed by atoms with Crippen LogP contribution in [0.1, 0.15) is 15.2 Å². The van der Waals surface area contributed by atoms with Gasteiger partial charge in [-0.15, -0.1) is 11.3 Å². The summed E-state index contributed by atoms with van der Waals surface area (Å²) in [7, 11) is 0. The fourth-order valence-corrected chi connectivity index (χ4v) is 1.99. The van der Waals surface area contributed by atoms with E-state index in [9.17, 15) is 14.9 Å². The first kappa shape index (κ1) is 12.9. The zero-order valence-corrected chi connectivity index (χ0v) is 10.5. The number of hydrogen-bond acceptors (Lipinski definition) is 5. The lowest BCUT2D eigenvalue weighted by molar-refractivity contribution is -0.385. The molecule has 0 spiro atoms. The lowest BCUT2D eigenvalue weighted by Crippen LogP contribution is -2.18. The second-order valence-electron chi connectivity index (χ2n) is 3.49. The molecule has 0 saturated carbocycles. The van der Waals surface area contributed by atoms with Gasteiger partial charge in [-0.05, 0) is 17.5 Å². The first-order valence-electron chi connectivity index (χ1n) is 5.29. The minimum Gasteiger partial charge on any atom is -0.267 e. The van der Waals surface area contributed by atoms with E-state index in [0.29, 0.717) is 0 Å². The van der Waals surface area contributed by atoms with Gasteiger partial charge in [0.2, 0.25) is 0 Å². The van der Waals surface area contributed by atoms with E-state index in [1.807, 2.05) is 17.5 Å². The lowest BCUT2D eigenvalue weighted by Gasteiger charge is -2.00. The van der Waals surface area contributed by atoms with Gasteiger partial charge in [0.15, 0.2) is 0 Å². The third-order valence-corrected chi connectivity index (χ3v) is 3.05. The van der Waals surface area contributed by atoms with Crippen LogP contribution in [0, 0.1) is 10.1 Å². The number of para-hydroxylation sites is 1. The largest absolute Gasteiger partial charge is 0.282 e. The summed E-state index contributed by atoms with van der Waals surface area (Å²) in [6, 6.07) is 9.42. The Kier molecular flexibility index (Phi) is 3.99. The monoisotopic (exact) mass is 275 g/mol. The zero-order chi connectivity index (χ0) is 13.7. The molecule has 2 aromatic rings. The zero-order valence-electron chi connectivity index (χ0n) is 9.65. The molecule has 0 aliphatic rings. The topological polar surface area (TPSA) is 84.6 Å². The molecule has 7 heteroatoms. The molecule has 6 nitrogen and oxygen atoms in total. The summed E-state index contributed by atoms with van der Waals surface area (Å²) in [5, 5.41) is 16.4. The van der Waals surface area contributed by atoms with Crippen molar-refractivity contribution in [3.63, 3.8) is 0 Å². The average Bonchev–Trinajstić information content (AvgIpc) is 2.91. The van der Waals surface area contributed by atoms with Gasteiger partial charge in [0.1, 0.15) is 5.56 Å². The molecule has 1 heterocycles. The van der Waals surface area contributed by atoms with E-state index in [4.69, 9.17) is 0 Å². The normalized spacial score (nSPS) is 10.5. The molecule has 0 unspecified atom stereocenters. The van der Waals surface area contributed by atoms with Crippen LogP contribution in [0.3, 0.4) is 0 Å². The molecule has 1 aromatic heterocycles. The van der Waals surface area contributed by atoms with Gasteiger partial charge in [-0.1, -0.05) is 18.2 Å². The lowest BCUT2D eigenvalue weighted by atomic mass is 10.2. The second-order valence-corrected chi connectivity index (χ2v) is 4.47. The molecule has 0 radical (unpaired) electrons. The first-order chi connectivity index (χ1) is 9.18. The number of nitrogens with one attached hydrogen (secondary N) is 1. The number of carbonyl (C=O) groups excluding carboxylic acids is 1. The van der Waals surface area contributed by atoms with Crippen molar-refractivity contribution in [1.29, 1.82) is 0 Å². The van der Waals surface area contributed by atoms with E-state index in [2.05, 4.69) is 10.5 Å². The van der Waals surface area contributed by atoms with Crippen molar-refractivity contribution in [3.05, 3.63) is 62.3 Å². The average molecular weight is 275 g/mol. The van der Waals surface area contributed by atoms with Crippen LogP contribution in [-0.2, 0) is 0 Å². The molecular weight excluding hydrogens is 266 g/mol. The molecular formula is C12H9N3O3S. The van der Waals surface area contributed by atoms with Crippen LogP contribution in [-0.4, -0.2) is 17.0 Å². The highest BCUT2D eigenvalue weighted by molar-refractivity contribution is 7.11. The Labute approximate surface area is 112 Å². The number of rotatable bonds is 4. The van der Waals surface area contributed by atoms with Crippen molar-refractivity contribution < 1.29 is 9.72 Å². The Morgan fingerprint density at radius 2 is 2.11 bits per heavy atom. The number of amides is 1. The third-order valence-electron chi connectivity index (χ3n) is 2.25. The minimum absolute atomic E-state index is 0.0178. The summed E-state index contributed by atoms with van der Waals surface area (Å²) in [5.41, 5.74) is 2.00. The number of benzene rings is 1. The molecule has 1 amide bonds. The first-order valence-corrected chi connectivity index (χ1v) is 6.17. The molecule has 0 bridgehead atoms.